The Morgan fingerprint density at radius 2 is 1.88 bits per heavy atom. The van der Waals surface area contributed by atoms with Crippen LogP contribution in [-0.2, 0) is 14.9 Å². The fraction of sp³-hybridized carbons (Fsp3) is 0.615. The molecule has 1 amide bonds. The normalized spacial score (nSPS) is 24.4. The second kappa shape index (κ2) is 8.26. The van der Waals surface area contributed by atoms with Crippen LogP contribution in [0.15, 0.2) is 34.9 Å². The monoisotopic (exact) mass is 451 g/mol. The highest BCUT2D eigenvalue weighted by atomic mass is 16.6. The molecule has 0 unspecified atom stereocenters. The van der Waals surface area contributed by atoms with Crippen molar-refractivity contribution in [2.75, 3.05) is 6.54 Å². The lowest BCUT2D eigenvalue weighted by atomic mass is 9.88. The number of nitrogens with zero attached hydrogens (tertiary/aromatic N) is 3. The van der Waals surface area contributed by atoms with E-state index in [1.165, 1.54) is 5.56 Å². The smallest absolute Gasteiger partial charge is 0.410 e. The van der Waals surface area contributed by atoms with Crippen LogP contribution in [0.2, 0.25) is 0 Å². The second-order valence-corrected chi connectivity index (χ2v) is 11.0. The summed E-state index contributed by atoms with van der Waals surface area (Å²) in [5, 5.41) is 4.34. The van der Waals surface area contributed by atoms with Gasteiger partial charge in [-0.15, -0.1) is 0 Å². The fourth-order valence-corrected chi connectivity index (χ4v) is 4.95. The van der Waals surface area contributed by atoms with Crippen molar-refractivity contribution in [2.45, 2.75) is 94.6 Å². The molecule has 0 N–H and O–H groups in total. The van der Waals surface area contributed by atoms with Gasteiger partial charge < -0.3 is 14.2 Å². The molecule has 0 spiro atoms. The number of benzene rings is 1. The summed E-state index contributed by atoms with van der Waals surface area (Å²) in [7, 11) is 0. The third kappa shape index (κ3) is 4.82. The van der Waals surface area contributed by atoms with Gasteiger partial charge in [-0.05, 0) is 58.4 Å². The third-order valence-corrected chi connectivity index (χ3v) is 7.15. The standard InChI is InChI=1S/C26H33N3O4/c1-25(2,3)32-24(31)29(21-15-20(21)17-7-5-4-6-8-17)16-26(13-14-26)23-27-22(33-28-23)18-9-11-19(30)12-10-18/h4-8,18,20-21H,9-16H2,1-3H3/t20-,21+/m0/s1. The number of ketones is 1. The van der Waals surface area contributed by atoms with E-state index in [0.717, 1.165) is 32.1 Å². The van der Waals surface area contributed by atoms with Gasteiger partial charge in [0, 0.05) is 37.3 Å². The molecule has 7 nitrogen and oxygen atoms in total. The Morgan fingerprint density at radius 3 is 2.52 bits per heavy atom. The van der Waals surface area contributed by atoms with Crippen molar-refractivity contribution in [1.82, 2.24) is 15.0 Å². The molecule has 33 heavy (non-hydrogen) atoms. The van der Waals surface area contributed by atoms with Crippen LogP contribution in [0.4, 0.5) is 4.79 Å². The van der Waals surface area contributed by atoms with E-state index < -0.39 is 5.60 Å². The van der Waals surface area contributed by atoms with Gasteiger partial charge in [0.2, 0.25) is 5.89 Å². The zero-order valence-electron chi connectivity index (χ0n) is 19.8. The van der Waals surface area contributed by atoms with Crippen molar-refractivity contribution < 1.29 is 18.8 Å². The third-order valence-electron chi connectivity index (χ3n) is 7.15. The Hall–Kier alpha value is -2.70. The van der Waals surface area contributed by atoms with Crippen LogP contribution in [0, 0.1) is 0 Å². The molecule has 0 aliphatic heterocycles. The van der Waals surface area contributed by atoms with Gasteiger partial charge in [-0.3, -0.25) is 4.79 Å². The van der Waals surface area contributed by atoms with E-state index in [0.29, 0.717) is 42.8 Å². The predicted molar refractivity (Wildman–Crippen MR) is 122 cm³/mol. The Morgan fingerprint density at radius 1 is 1.18 bits per heavy atom. The van der Waals surface area contributed by atoms with Gasteiger partial charge in [-0.2, -0.15) is 4.98 Å². The zero-order valence-corrected chi connectivity index (χ0v) is 19.8. The van der Waals surface area contributed by atoms with Gasteiger partial charge in [0.05, 0.1) is 5.41 Å². The summed E-state index contributed by atoms with van der Waals surface area (Å²) in [6.07, 6.45) is 5.25. The van der Waals surface area contributed by atoms with Crippen LogP contribution in [0.5, 0.6) is 0 Å². The quantitative estimate of drug-likeness (QED) is 0.606. The highest BCUT2D eigenvalue weighted by Gasteiger charge is 2.55. The van der Waals surface area contributed by atoms with Gasteiger partial charge in [0.1, 0.15) is 11.4 Å². The van der Waals surface area contributed by atoms with Crippen LogP contribution in [-0.4, -0.2) is 45.1 Å². The average molecular weight is 452 g/mol. The number of ether oxygens (including phenoxy) is 1. The maximum Gasteiger partial charge on any atom is 0.410 e. The van der Waals surface area contributed by atoms with E-state index in [-0.39, 0.29) is 23.5 Å². The molecule has 5 rings (SSSR count). The molecule has 1 aromatic carbocycles. The summed E-state index contributed by atoms with van der Waals surface area (Å²) >= 11 is 0. The summed E-state index contributed by atoms with van der Waals surface area (Å²) in [6.45, 7) is 6.24. The van der Waals surface area contributed by atoms with Crippen molar-refractivity contribution in [1.29, 1.82) is 0 Å². The van der Waals surface area contributed by atoms with E-state index in [4.69, 9.17) is 14.2 Å². The molecular formula is C26H33N3O4. The first-order valence-electron chi connectivity index (χ1n) is 12.1. The Labute approximate surface area is 194 Å². The second-order valence-electron chi connectivity index (χ2n) is 11.0. The summed E-state index contributed by atoms with van der Waals surface area (Å²) in [5.41, 5.74) is 0.433. The maximum absolute atomic E-state index is 13.2. The van der Waals surface area contributed by atoms with Gasteiger partial charge in [-0.25, -0.2) is 4.79 Å². The summed E-state index contributed by atoms with van der Waals surface area (Å²) in [5.74, 6) is 2.14. The van der Waals surface area contributed by atoms with E-state index in [1.807, 2.05) is 43.9 Å². The van der Waals surface area contributed by atoms with Crippen LogP contribution >= 0.6 is 0 Å². The average Bonchev–Trinajstić information content (AvgIpc) is 3.69. The van der Waals surface area contributed by atoms with Crippen molar-refractivity contribution >= 4 is 11.9 Å². The molecule has 3 saturated carbocycles. The van der Waals surface area contributed by atoms with E-state index in [2.05, 4.69) is 17.3 Å². The number of carbonyl (C=O) groups is 2. The van der Waals surface area contributed by atoms with Gasteiger partial charge >= 0.3 is 6.09 Å². The zero-order chi connectivity index (χ0) is 23.2. The lowest BCUT2D eigenvalue weighted by Crippen LogP contribution is -2.43. The van der Waals surface area contributed by atoms with E-state index >= 15 is 0 Å². The molecule has 0 bridgehead atoms. The number of Topliss-reactive ketones (excluding diaryl/α,β-unsaturated/α-hetero) is 1. The first-order chi connectivity index (χ1) is 15.7. The van der Waals surface area contributed by atoms with Gasteiger partial charge in [-0.1, -0.05) is 35.5 Å². The first-order valence-corrected chi connectivity index (χ1v) is 12.1. The fourth-order valence-electron chi connectivity index (χ4n) is 4.95. The lowest BCUT2D eigenvalue weighted by molar-refractivity contribution is -0.120. The molecule has 3 aliphatic rings. The van der Waals surface area contributed by atoms with Crippen molar-refractivity contribution in [3.05, 3.63) is 47.6 Å². The van der Waals surface area contributed by atoms with Crippen LogP contribution in [0.1, 0.15) is 94.8 Å². The van der Waals surface area contributed by atoms with E-state index in [9.17, 15) is 9.59 Å². The SMILES string of the molecule is CC(C)(C)OC(=O)N(CC1(c2noc(C3CCC(=O)CC3)n2)CC1)[C@@H]1C[C@H]1c1ccccc1. The molecule has 176 valence electrons. The molecule has 1 aromatic heterocycles. The highest BCUT2D eigenvalue weighted by Crippen LogP contribution is 2.52. The highest BCUT2D eigenvalue weighted by molar-refractivity contribution is 5.79. The van der Waals surface area contributed by atoms with Crippen LogP contribution < -0.4 is 0 Å². The molecule has 2 aromatic rings. The van der Waals surface area contributed by atoms with Crippen molar-refractivity contribution in [3.8, 4) is 0 Å². The first kappa shape index (κ1) is 22.1. The predicted octanol–water partition coefficient (Wildman–Crippen LogP) is 5.12. The largest absolute Gasteiger partial charge is 0.444 e. The van der Waals surface area contributed by atoms with Crippen LogP contribution in [0.3, 0.4) is 0 Å². The molecule has 0 saturated heterocycles. The number of rotatable bonds is 6. The maximum atomic E-state index is 13.2. The number of hydrogen-bond donors (Lipinski definition) is 0. The molecule has 0 radical (unpaired) electrons. The molecule has 1 heterocycles. The number of carbonyl (C=O) groups excluding carboxylic acids is 2. The molecule has 3 aliphatic carbocycles. The Kier molecular flexibility index (Phi) is 5.53. The minimum absolute atomic E-state index is 0.121. The lowest BCUT2D eigenvalue weighted by Gasteiger charge is -2.30. The minimum atomic E-state index is -0.555. The Bertz CT molecular complexity index is 1010. The minimum Gasteiger partial charge on any atom is -0.444 e. The summed E-state index contributed by atoms with van der Waals surface area (Å²) in [6, 6.07) is 10.5. The molecule has 2 atom stereocenters. The van der Waals surface area contributed by atoms with E-state index in [1.54, 1.807) is 0 Å². The summed E-state index contributed by atoms with van der Waals surface area (Å²) in [4.78, 5) is 31.5. The topological polar surface area (TPSA) is 85.5 Å². The number of aromatic nitrogens is 2. The van der Waals surface area contributed by atoms with Crippen molar-refractivity contribution in [2.24, 2.45) is 0 Å². The molecule has 3 fully saturated rings. The molecule has 7 heteroatoms. The van der Waals surface area contributed by atoms with Gasteiger partial charge in [0.15, 0.2) is 5.82 Å². The van der Waals surface area contributed by atoms with Crippen molar-refractivity contribution in [3.63, 3.8) is 0 Å². The molecular weight excluding hydrogens is 418 g/mol. The number of hydrogen-bond acceptors (Lipinski definition) is 6. The summed E-state index contributed by atoms with van der Waals surface area (Å²) < 4.78 is 11.4. The van der Waals surface area contributed by atoms with Crippen LogP contribution in [0.25, 0.3) is 0 Å². The number of amides is 1. The Balaban J connectivity index is 1.33. The van der Waals surface area contributed by atoms with Gasteiger partial charge in [0.25, 0.3) is 0 Å².